The molecule has 0 atom stereocenters. The van der Waals surface area contributed by atoms with Crippen LogP contribution in [0.15, 0.2) is 17.5 Å². The number of nitrogens with two attached hydrogens (primary N) is 1. The zero-order chi connectivity index (χ0) is 8.10. The van der Waals surface area contributed by atoms with E-state index in [2.05, 4.69) is 5.32 Å². The lowest BCUT2D eigenvalue weighted by Gasteiger charge is -1.98. The molecule has 0 saturated heterocycles. The largest absolute Gasteiger partial charge is 0.350 e. The van der Waals surface area contributed by atoms with Crippen LogP contribution in [0.5, 0.6) is 0 Å². The number of carbonyl (C=O) groups excluding carboxylic acids is 1. The molecule has 1 rings (SSSR count). The summed E-state index contributed by atoms with van der Waals surface area (Å²) in [5, 5.41) is 4.66. The molecule has 0 spiro atoms. The third-order valence-electron chi connectivity index (χ3n) is 1.23. The SMILES string of the molecule is NCC(=O)NCc1cccs1. The van der Waals surface area contributed by atoms with Crippen molar-refractivity contribution >= 4 is 17.2 Å². The van der Waals surface area contributed by atoms with Gasteiger partial charge in [-0.15, -0.1) is 11.3 Å². The molecular formula is C7H10N2OS. The van der Waals surface area contributed by atoms with Crippen molar-refractivity contribution in [3.8, 4) is 0 Å². The lowest BCUT2D eigenvalue weighted by molar-refractivity contribution is -0.119. The van der Waals surface area contributed by atoms with Gasteiger partial charge in [0.15, 0.2) is 0 Å². The van der Waals surface area contributed by atoms with Crippen LogP contribution in [0.3, 0.4) is 0 Å². The van der Waals surface area contributed by atoms with Gasteiger partial charge in [-0.1, -0.05) is 6.07 Å². The molecule has 1 aromatic rings. The van der Waals surface area contributed by atoms with Crippen LogP contribution in [0.1, 0.15) is 4.88 Å². The first-order chi connectivity index (χ1) is 5.33. The highest BCUT2D eigenvalue weighted by molar-refractivity contribution is 7.09. The standard InChI is InChI=1S/C7H10N2OS/c8-4-7(10)9-5-6-2-1-3-11-6/h1-3H,4-5,8H2,(H,9,10). The molecule has 1 heterocycles. The van der Waals surface area contributed by atoms with E-state index in [4.69, 9.17) is 5.73 Å². The quantitative estimate of drug-likeness (QED) is 0.686. The Labute approximate surface area is 69.2 Å². The van der Waals surface area contributed by atoms with E-state index < -0.39 is 0 Å². The van der Waals surface area contributed by atoms with Gasteiger partial charge in [-0.25, -0.2) is 0 Å². The Morgan fingerprint density at radius 3 is 3.09 bits per heavy atom. The van der Waals surface area contributed by atoms with E-state index >= 15 is 0 Å². The van der Waals surface area contributed by atoms with Crippen molar-refractivity contribution in [2.75, 3.05) is 6.54 Å². The van der Waals surface area contributed by atoms with E-state index in [0.29, 0.717) is 6.54 Å². The van der Waals surface area contributed by atoms with Crippen molar-refractivity contribution in [2.24, 2.45) is 5.73 Å². The van der Waals surface area contributed by atoms with Gasteiger partial charge in [-0.2, -0.15) is 0 Å². The van der Waals surface area contributed by atoms with Crippen LogP contribution in [0.25, 0.3) is 0 Å². The maximum Gasteiger partial charge on any atom is 0.234 e. The fourth-order valence-electron chi connectivity index (χ4n) is 0.671. The second-order valence-electron chi connectivity index (χ2n) is 2.06. The Hall–Kier alpha value is -0.870. The Kier molecular flexibility index (Phi) is 3.07. The van der Waals surface area contributed by atoms with Crippen LogP contribution >= 0.6 is 11.3 Å². The molecular weight excluding hydrogens is 160 g/mol. The van der Waals surface area contributed by atoms with E-state index in [-0.39, 0.29) is 12.5 Å². The van der Waals surface area contributed by atoms with Gasteiger partial charge in [0.25, 0.3) is 0 Å². The summed E-state index contributed by atoms with van der Waals surface area (Å²) in [6, 6.07) is 3.93. The second-order valence-corrected chi connectivity index (χ2v) is 3.09. The maximum absolute atomic E-state index is 10.7. The van der Waals surface area contributed by atoms with Gasteiger partial charge in [0.1, 0.15) is 0 Å². The molecule has 1 aromatic heterocycles. The molecule has 0 aliphatic rings. The van der Waals surface area contributed by atoms with E-state index in [1.54, 1.807) is 11.3 Å². The summed E-state index contributed by atoms with van der Waals surface area (Å²) in [5.41, 5.74) is 5.10. The van der Waals surface area contributed by atoms with E-state index in [1.807, 2.05) is 17.5 Å². The molecule has 3 N–H and O–H groups in total. The smallest absolute Gasteiger partial charge is 0.234 e. The first kappa shape index (κ1) is 8.23. The number of nitrogens with one attached hydrogen (secondary N) is 1. The van der Waals surface area contributed by atoms with Crippen molar-refractivity contribution in [3.05, 3.63) is 22.4 Å². The molecule has 3 nitrogen and oxygen atoms in total. The van der Waals surface area contributed by atoms with Crippen molar-refractivity contribution in [1.29, 1.82) is 0 Å². The normalized spacial score (nSPS) is 9.55. The van der Waals surface area contributed by atoms with Crippen LogP contribution in [0.4, 0.5) is 0 Å². The van der Waals surface area contributed by atoms with Gasteiger partial charge < -0.3 is 11.1 Å². The van der Waals surface area contributed by atoms with Gasteiger partial charge in [0, 0.05) is 4.88 Å². The van der Waals surface area contributed by atoms with E-state index in [9.17, 15) is 4.79 Å². The highest BCUT2D eigenvalue weighted by atomic mass is 32.1. The lowest BCUT2D eigenvalue weighted by atomic mass is 10.4. The van der Waals surface area contributed by atoms with Crippen LogP contribution in [-0.2, 0) is 11.3 Å². The molecule has 0 aliphatic carbocycles. The molecule has 0 radical (unpaired) electrons. The number of hydrogen-bond donors (Lipinski definition) is 2. The Balaban J connectivity index is 2.29. The Bertz CT molecular complexity index is 220. The molecule has 1 amide bonds. The van der Waals surface area contributed by atoms with Crippen LogP contribution in [0.2, 0.25) is 0 Å². The third-order valence-corrected chi connectivity index (χ3v) is 2.10. The zero-order valence-electron chi connectivity index (χ0n) is 6.04. The predicted molar refractivity (Wildman–Crippen MR) is 45.2 cm³/mol. The highest BCUT2D eigenvalue weighted by Gasteiger charge is 1.96. The minimum atomic E-state index is -0.113. The number of hydrogen-bond acceptors (Lipinski definition) is 3. The number of carbonyl (C=O) groups is 1. The van der Waals surface area contributed by atoms with Crippen molar-refractivity contribution in [3.63, 3.8) is 0 Å². The lowest BCUT2D eigenvalue weighted by Crippen LogP contribution is -2.29. The molecule has 0 bridgehead atoms. The molecule has 4 heteroatoms. The van der Waals surface area contributed by atoms with E-state index in [0.717, 1.165) is 4.88 Å². The average Bonchev–Trinajstić information content (AvgIpc) is 2.52. The zero-order valence-corrected chi connectivity index (χ0v) is 6.86. The van der Waals surface area contributed by atoms with Gasteiger partial charge in [0.05, 0.1) is 13.1 Å². The number of thiophene rings is 1. The van der Waals surface area contributed by atoms with Gasteiger partial charge in [-0.3, -0.25) is 4.79 Å². The average molecular weight is 170 g/mol. The Morgan fingerprint density at radius 1 is 1.73 bits per heavy atom. The van der Waals surface area contributed by atoms with Crippen molar-refractivity contribution in [2.45, 2.75) is 6.54 Å². The third kappa shape index (κ3) is 2.69. The molecule has 0 aromatic carbocycles. The van der Waals surface area contributed by atoms with Crippen LogP contribution in [-0.4, -0.2) is 12.5 Å². The van der Waals surface area contributed by atoms with Gasteiger partial charge >= 0.3 is 0 Å². The number of amides is 1. The summed E-state index contributed by atoms with van der Waals surface area (Å²) < 4.78 is 0. The van der Waals surface area contributed by atoms with E-state index in [1.165, 1.54) is 0 Å². The summed E-state index contributed by atoms with van der Waals surface area (Å²) in [6.45, 7) is 0.652. The van der Waals surface area contributed by atoms with Gasteiger partial charge in [-0.05, 0) is 11.4 Å². The van der Waals surface area contributed by atoms with Crippen LogP contribution < -0.4 is 11.1 Å². The summed E-state index contributed by atoms with van der Waals surface area (Å²) in [7, 11) is 0. The topological polar surface area (TPSA) is 55.1 Å². The number of rotatable bonds is 3. The monoisotopic (exact) mass is 170 g/mol. The minimum Gasteiger partial charge on any atom is -0.350 e. The second kappa shape index (κ2) is 4.10. The maximum atomic E-state index is 10.7. The molecule has 0 aliphatic heterocycles. The first-order valence-electron chi connectivity index (χ1n) is 3.32. The van der Waals surface area contributed by atoms with Crippen molar-refractivity contribution < 1.29 is 4.79 Å². The summed E-state index contributed by atoms with van der Waals surface area (Å²) >= 11 is 1.62. The summed E-state index contributed by atoms with van der Waals surface area (Å²) in [5.74, 6) is -0.113. The molecule has 0 fully saturated rings. The fourth-order valence-corrected chi connectivity index (χ4v) is 1.32. The summed E-state index contributed by atoms with van der Waals surface area (Å²) in [6.07, 6.45) is 0. The molecule has 11 heavy (non-hydrogen) atoms. The van der Waals surface area contributed by atoms with Crippen LogP contribution in [0, 0.1) is 0 Å². The molecule has 0 saturated carbocycles. The fraction of sp³-hybridized carbons (Fsp3) is 0.286. The Morgan fingerprint density at radius 2 is 2.55 bits per heavy atom. The predicted octanol–water partition coefficient (Wildman–Crippen LogP) is 0.323. The first-order valence-corrected chi connectivity index (χ1v) is 4.20. The van der Waals surface area contributed by atoms with Gasteiger partial charge in [0.2, 0.25) is 5.91 Å². The molecule has 0 unspecified atom stereocenters. The summed E-state index contributed by atoms with van der Waals surface area (Å²) in [4.78, 5) is 11.8. The van der Waals surface area contributed by atoms with Crippen molar-refractivity contribution in [1.82, 2.24) is 5.32 Å². The minimum absolute atomic E-state index is 0.0609. The highest BCUT2D eigenvalue weighted by Crippen LogP contribution is 2.06. The molecule has 60 valence electrons.